The van der Waals surface area contributed by atoms with Gasteiger partial charge in [-0.15, -0.1) is 0 Å². The Kier molecular flexibility index (Phi) is 4.33. The summed E-state index contributed by atoms with van der Waals surface area (Å²) in [6.45, 7) is 1.30. The van der Waals surface area contributed by atoms with Gasteiger partial charge in [-0.3, -0.25) is 0 Å². The molecule has 0 saturated carbocycles. The standard InChI is InChI=1S/C8H18N2O4S2/c1-15(11,12)7-16(13,14)10-4-2-8(6-9)3-5-10/h8H,2-7,9H2,1H3. The first-order valence-corrected chi connectivity index (χ1v) is 8.77. The monoisotopic (exact) mass is 270 g/mol. The maximum atomic E-state index is 11.7. The Morgan fingerprint density at radius 3 is 2.06 bits per heavy atom. The summed E-state index contributed by atoms with van der Waals surface area (Å²) in [5.41, 5.74) is 5.50. The van der Waals surface area contributed by atoms with Crippen LogP contribution in [0.25, 0.3) is 0 Å². The molecular weight excluding hydrogens is 252 g/mol. The molecule has 0 radical (unpaired) electrons. The topological polar surface area (TPSA) is 97.5 Å². The average molecular weight is 270 g/mol. The summed E-state index contributed by atoms with van der Waals surface area (Å²) in [7, 11) is -7.17. The van der Waals surface area contributed by atoms with Crippen LogP contribution in [-0.4, -0.2) is 52.1 Å². The lowest BCUT2D eigenvalue weighted by molar-refractivity contribution is 0.279. The van der Waals surface area contributed by atoms with Crippen LogP contribution >= 0.6 is 0 Å². The molecule has 16 heavy (non-hydrogen) atoms. The van der Waals surface area contributed by atoms with Crippen LogP contribution in [0.3, 0.4) is 0 Å². The van der Waals surface area contributed by atoms with Crippen LogP contribution in [-0.2, 0) is 19.9 Å². The molecule has 2 N–H and O–H groups in total. The van der Waals surface area contributed by atoms with E-state index < -0.39 is 24.9 Å². The minimum absolute atomic E-state index is 0.352. The molecule has 0 atom stereocenters. The molecule has 0 aliphatic carbocycles. The molecule has 1 fully saturated rings. The van der Waals surface area contributed by atoms with Crippen LogP contribution in [0.15, 0.2) is 0 Å². The molecule has 1 heterocycles. The zero-order chi connectivity index (χ0) is 12.4. The van der Waals surface area contributed by atoms with Gasteiger partial charge in [-0.05, 0) is 25.3 Å². The molecule has 1 rings (SSSR count). The van der Waals surface area contributed by atoms with Crippen molar-refractivity contribution in [3.05, 3.63) is 0 Å². The lowest BCUT2D eigenvalue weighted by atomic mass is 9.99. The predicted molar refractivity (Wildman–Crippen MR) is 62.0 cm³/mol. The van der Waals surface area contributed by atoms with Crippen LogP contribution in [0.1, 0.15) is 12.8 Å². The fourth-order valence-electron chi connectivity index (χ4n) is 1.77. The molecule has 1 aliphatic heterocycles. The molecule has 0 unspecified atom stereocenters. The third-order valence-electron chi connectivity index (χ3n) is 2.66. The Labute approximate surface area is 96.8 Å². The summed E-state index contributed by atoms with van der Waals surface area (Å²) in [5, 5.41) is -0.798. The highest BCUT2D eigenvalue weighted by molar-refractivity contribution is 8.06. The van der Waals surface area contributed by atoms with Gasteiger partial charge in [0.1, 0.15) is 0 Å². The molecule has 8 heteroatoms. The highest BCUT2D eigenvalue weighted by atomic mass is 32.3. The fraction of sp³-hybridized carbons (Fsp3) is 1.00. The zero-order valence-electron chi connectivity index (χ0n) is 9.29. The van der Waals surface area contributed by atoms with E-state index in [1.165, 1.54) is 4.31 Å². The van der Waals surface area contributed by atoms with E-state index in [9.17, 15) is 16.8 Å². The van der Waals surface area contributed by atoms with Crippen molar-refractivity contribution in [2.75, 3.05) is 31.0 Å². The van der Waals surface area contributed by atoms with Crippen LogP contribution in [0.2, 0.25) is 0 Å². The predicted octanol–water partition coefficient (Wildman–Crippen LogP) is -1.01. The molecule has 0 bridgehead atoms. The van der Waals surface area contributed by atoms with Crippen molar-refractivity contribution in [1.29, 1.82) is 0 Å². The third kappa shape index (κ3) is 4.00. The first-order valence-electron chi connectivity index (χ1n) is 5.10. The summed E-state index contributed by atoms with van der Waals surface area (Å²) in [4.78, 5) is 0. The average Bonchev–Trinajstić information content (AvgIpc) is 2.14. The summed E-state index contributed by atoms with van der Waals surface area (Å²) in [5.74, 6) is 0.352. The summed E-state index contributed by atoms with van der Waals surface area (Å²) >= 11 is 0. The highest BCUT2D eigenvalue weighted by Gasteiger charge is 2.29. The third-order valence-corrected chi connectivity index (χ3v) is 6.72. The second kappa shape index (κ2) is 4.99. The van der Waals surface area contributed by atoms with Crippen LogP contribution in [0.4, 0.5) is 0 Å². The lowest BCUT2D eigenvalue weighted by Crippen LogP contribution is -2.42. The second-order valence-corrected chi connectivity index (χ2v) is 8.71. The van der Waals surface area contributed by atoms with Gasteiger partial charge in [-0.25, -0.2) is 21.1 Å². The number of piperidine rings is 1. The van der Waals surface area contributed by atoms with Crippen molar-refractivity contribution in [1.82, 2.24) is 4.31 Å². The van der Waals surface area contributed by atoms with Gasteiger partial charge in [-0.1, -0.05) is 0 Å². The van der Waals surface area contributed by atoms with Gasteiger partial charge in [0.15, 0.2) is 14.9 Å². The molecule has 0 aromatic rings. The number of hydrogen-bond acceptors (Lipinski definition) is 5. The van der Waals surface area contributed by atoms with Gasteiger partial charge in [-0.2, -0.15) is 0 Å². The van der Waals surface area contributed by atoms with Gasteiger partial charge >= 0.3 is 0 Å². The van der Waals surface area contributed by atoms with Crippen molar-refractivity contribution < 1.29 is 16.8 Å². The van der Waals surface area contributed by atoms with Crippen LogP contribution < -0.4 is 5.73 Å². The van der Waals surface area contributed by atoms with Crippen molar-refractivity contribution >= 4 is 19.9 Å². The van der Waals surface area contributed by atoms with Crippen LogP contribution in [0, 0.1) is 5.92 Å². The van der Waals surface area contributed by atoms with E-state index in [-0.39, 0.29) is 0 Å². The van der Waals surface area contributed by atoms with Gasteiger partial charge in [0.2, 0.25) is 10.0 Å². The molecule has 96 valence electrons. The first kappa shape index (κ1) is 13.9. The van der Waals surface area contributed by atoms with Crippen molar-refractivity contribution in [3.8, 4) is 0 Å². The van der Waals surface area contributed by atoms with E-state index in [2.05, 4.69) is 0 Å². The van der Waals surface area contributed by atoms with Gasteiger partial charge in [0.25, 0.3) is 0 Å². The molecule has 1 saturated heterocycles. The van der Waals surface area contributed by atoms with Gasteiger partial charge in [0.05, 0.1) is 0 Å². The molecule has 1 aliphatic rings. The van der Waals surface area contributed by atoms with E-state index >= 15 is 0 Å². The summed E-state index contributed by atoms with van der Waals surface area (Å²) in [6, 6.07) is 0. The number of rotatable bonds is 4. The maximum Gasteiger partial charge on any atom is 0.228 e. The number of nitrogens with zero attached hydrogens (tertiary/aromatic N) is 1. The summed E-state index contributed by atoms with van der Waals surface area (Å²) < 4.78 is 46.6. The van der Waals surface area contributed by atoms with Crippen molar-refractivity contribution in [3.63, 3.8) is 0 Å². The van der Waals surface area contributed by atoms with Gasteiger partial charge in [0, 0.05) is 19.3 Å². The van der Waals surface area contributed by atoms with E-state index in [4.69, 9.17) is 5.73 Å². The minimum Gasteiger partial charge on any atom is -0.330 e. The van der Waals surface area contributed by atoms with Gasteiger partial charge < -0.3 is 5.73 Å². The Hall–Kier alpha value is -0.180. The number of sulfone groups is 1. The number of hydrogen-bond donors (Lipinski definition) is 1. The zero-order valence-corrected chi connectivity index (χ0v) is 10.9. The lowest BCUT2D eigenvalue weighted by Gasteiger charge is -2.30. The molecule has 0 spiro atoms. The molecule has 0 amide bonds. The number of sulfonamides is 1. The Morgan fingerprint density at radius 1 is 1.19 bits per heavy atom. The Morgan fingerprint density at radius 2 is 1.69 bits per heavy atom. The van der Waals surface area contributed by atoms with Crippen molar-refractivity contribution in [2.24, 2.45) is 11.7 Å². The van der Waals surface area contributed by atoms with Crippen LogP contribution in [0.5, 0.6) is 0 Å². The second-order valence-electron chi connectivity index (χ2n) is 4.23. The van der Waals surface area contributed by atoms with Crippen molar-refractivity contribution in [2.45, 2.75) is 12.8 Å². The largest absolute Gasteiger partial charge is 0.330 e. The minimum atomic E-state index is -3.67. The fourth-order valence-corrected chi connectivity index (χ4v) is 5.30. The SMILES string of the molecule is CS(=O)(=O)CS(=O)(=O)N1CCC(CN)CC1. The maximum absolute atomic E-state index is 11.7. The van der Waals surface area contributed by atoms with E-state index in [1.54, 1.807) is 0 Å². The van der Waals surface area contributed by atoms with E-state index in [0.717, 1.165) is 6.26 Å². The quantitative estimate of drug-likeness (QED) is 0.706. The van der Waals surface area contributed by atoms with E-state index in [0.29, 0.717) is 38.4 Å². The Bertz CT molecular complexity index is 421. The smallest absolute Gasteiger partial charge is 0.228 e. The first-order chi connectivity index (χ1) is 7.24. The number of nitrogens with two attached hydrogens (primary N) is 1. The normalized spacial score (nSPS) is 21.1. The molecule has 0 aromatic carbocycles. The molecular formula is C8H18N2O4S2. The van der Waals surface area contributed by atoms with E-state index in [1.807, 2.05) is 0 Å². The highest BCUT2D eigenvalue weighted by Crippen LogP contribution is 2.19. The Balaban J connectivity index is 2.66. The molecule has 0 aromatic heterocycles. The molecule has 6 nitrogen and oxygen atoms in total. The summed E-state index contributed by atoms with van der Waals surface area (Å²) in [6.07, 6.45) is 2.34.